The highest BCUT2D eigenvalue weighted by atomic mass is 16.3. The van der Waals surface area contributed by atoms with E-state index in [0.717, 1.165) is 0 Å². The van der Waals surface area contributed by atoms with E-state index in [1.165, 1.54) is 24.3 Å². The Morgan fingerprint density at radius 2 is 2.22 bits per heavy atom. The number of aliphatic hydroxyl groups is 1. The minimum absolute atomic E-state index is 0.481. The van der Waals surface area contributed by atoms with Crippen molar-refractivity contribution in [1.29, 1.82) is 0 Å². The van der Waals surface area contributed by atoms with E-state index in [1.807, 2.05) is 0 Å². The van der Waals surface area contributed by atoms with Gasteiger partial charge in [-0.05, 0) is 12.2 Å². The zero-order chi connectivity index (χ0) is 6.91. The Balaban J connectivity index is 2.91. The lowest BCUT2D eigenvalue weighted by Crippen LogP contribution is -2.45. The number of rotatable bonds is 0. The summed E-state index contributed by atoms with van der Waals surface area (Å²) in [5.41, 5.74) is 3.32. The molecule has 9 heavy (non-hydrogen) atoms. The number of allylic oxidation sites excluding steroid dienone is 2. The molecule has 0 aliphatic heterocycles. The van der Waals surface area contributed by atoms with Gasteiger partial charge < -0.3 is 5.11 Å². The van der Waals surface area contributed by atoms with Gasteiger partial charge in [0.05, 0.1) is 0 Å². The van der Waals surface area contributed by atoms with Crippen molar-refractivity contribution < 1.29 is 9.90 Å². The van der Waals surface area contributed by atoms with Crippen molar-refractivity contribution in [2.75, 3.05) is 0 Å². The molecule has 0 saturated carbocycles. The second kappa shape index (κ2) is 1.79. The highest BCUT2D eigenvalue weighted by Crippen LogP contribution is 2.05. The zero-order valence-corrected chi connectivity index (χ0v) is 4.74. The molecule has 0 aromatic carbocycles. The van der Waals surface area contributed by atoms with Crippen LogP contribution >= 0.6 is 0 Å². The minimum Gasteiger partial charge on any atom is -0.366 e. The van der Waals surface area contributed by atoms with Crippen LogP contribution in [-0.2, 0) is 4.79 Å². The second-order valence-corrected chi connectivity index (χ2v) is 1.91. The summed E-state index contributed by atoms with van der Waals surface area (Å²) < 4.78 is 0. The molecule has 0 radical (unpaired) electrons. The Bertz CT molecular complexity index is 191. The number of ketones is 1. The maximum atomic E-state index is 10.6. The van der Waals surface area contributed by atoms with Gasteiger partial charge in [0.25, 0.3) is 0 Å². The number of carbonyl (C=O) groups excluding carboxylic acids is 1. The SMILES string of the molecule is NC1(O)C=CC=CC1=O. The number of nitrogens with two attached hydrogens (primary N) is 1. The van der Waals surface area contributed by atoms with Crippen molar-refractivity contribution in [3.05, 3.63) is 24.3 Å². The molecular weight excluding hydrogens is 118 g/mol. The number of hydrogen-bond acceptors (Lipinski definition) is 3. The number of hydrogen-bond donors (Lipinski definition) is 2. The Kier molecular flexibility index (Phi) is 1.23. The lowest BCUT2D eigenvalue weighted by Gasteiger charge is -2.16. The lowest BCUT2D eigenvalue weighted by atomic mass is 10.1. The molecule has 0 aromatic rings. The molecule has 3 heteroatoms. The third-order valence-electron chi connectivity index (χ3n) is 1.10. The Morgan fingerprint density at radius 1 is 1.56 bits per heavy atom. The molecule has 1 atom stereocenters. The maximum absolute atomic E-state index is 10.6. The summed E-state index contributed by atoms with van der Waals surface area (Å²) in [6, 6.07) is 0. The van der Waals surface area contributed by atoms with Crippen LogP contribution in [0.2, 0.25) is 0 Å². The first kappa shape index (κ1) is 6.19. The molecule has 0 fully saturated rings. The van der Waals surface area contributed by atoms with Gasteiger partial charge in [-0.3, -0.25) is 10.5 Å². The van der Waals surface area contributed by atoms with Gasteiger partial charge in [-0.25, -0.2) is 0 Å². The van der Waals surface area contributed by atoms with Crippen LogP contribution in [-0.4, -0.2) is 16.6 Å². The molecule has 3 nitrogen and oxygen atoms in total. The van der Waals surface area contributed by atoms with E-state index in [2.05, 4.69) is 0 Å². The normalized spacial score (nSPS) is 33.3. The second-order valence-electron chi connectivity index (χ2n) is 1.91. The summed E-state index contributed by atoms with van der Waals surface area (Å²) in [6.45, 7) is 0. The van der Waals surface area contributed by atoms with Crippen LogP contribution < -0.4 is 5.73 Å². The minimum atomic E-state index is -1.77. The first-order valence-corrected chi connectivity index (χ1v) is 2.54. The molecule has 0 saturated heterocycles. The molecule has 1 aliphatic rings. The van der Waals surface area contributed by atoms with E-state index in [4.69, 9.17) is 10.8 Å². The summed E-state index contributed by atoms with van der Waals surface area (Å²) in [5.74, 6) is -0.481. The molecular formula is C6H7NO2. The van der Waals surface area contributed by atoms with Gasteiger partial charge in [-0.1, -0.05) is 12.2 Å². The monoisotopic (exact) mass is 125 g/mol. The Labute approximate surface area is 52.5 Å². The van der Waals surface area contributed by atoms with Crippen LogP contribution in [0.4, 0.5) is 0 Å². The summed E-state index contributed by atoms with van der Waals surface area (Å²) in [7, 11) is 0. The van der Waals surface area contributed by atoms with Crippen LogP contribution in [0, 0.1) is 0 Å². The summed E-state index contributed by atoms with van der Waals surface area (Å²) in [6.07, 6.45) is 5.54. The van der Waals surface area contributed by atoms with Crippen molar-refractivity contribution >= 4 is 5.78 Å². The largest absolute Gasteiger partial charge is 0.366 e. The molecule has 3 N–H and O–H groups in total. The standard InChI is InChI=1S/C6H7NO2/c7-6(9)4-2-1-3-5(6)8/h1-4,9H,7H2. The molecule has 0 amide bonds. The van der Waals surface area contributed by atoms with Gasteiger partial charge in [-0.2, -0.15) is 0 Å². The Hall–Kier alpha value is -0.930. The molecule has 0 bridgehead atoms. The third kappa shape index (κ3) is 1.06. The van der Waals surface area contributed by atoms with E-state index >= 15 is 0 Å². The highest BCUT2D eigenvalue weighted by Gasteiger charge is 2.26. The van der Waals surface area contributed by atoms with Crippen molar-refractivity contribution in [3.63, 3.8) is 0 Å². The first-order valence-electron chi connectivity index (χ1n) is 2.54. The fourth-order valence-corrected chi connectivity index (χ4v) is 0.561. The van der Waals surface area contributed by atoms with Crippen LogP contribution in [0.25, 0.3) is 0 Å². The van der Waals surface area contributed by atoms with Crippen LogP contribution in [0.1, 0.15) is 0 Å². The van der Waals surface area contributed by atoms with Crippen LogP contribution in [0.3, 0.4) is 0 Å². The van der Waals surface area contributed by atoms with E-state index in [-0.39, 0.29) is 0 Å². The summed E-state index contributed by atoms with van der Waals surface area (Å²) >= 11 is 0. The van der Waals surface area contributed by atoms with Gasteiger partial charge in [0.2, 0.25) is 5.78 Å². The van der Waals surface area contributed by atoms with Crippen LogP contribution in [0.5, 0.6) is 0 Å². The van der Waals surface area contributed by atoms with Gasteiger partial charge in [-0.15, -0.1) is 0 Å². The predicted molar refractivity (Wildman–Crippen MR) is 32.4 cm³/mol. The van der Waals surface area contributed by atoms with E-state index in [9.17, 15) is 4.79 Å². The average Bonchev–Trinajstić information content (AvgIpc) is 1.77. The zero-order valence-electron chi connectivity index (χ0n) is 4.74. The van der Waals surface area contributed by atoms with E-state index in [1.54, 1.807) is 0 Å². The fourth-order valence-electron chi connectivity index (χ4n) is 0.561. The first-order chi connectivity index (χ1) is 4.13. The van der Waals surface area contributed by atoms with E-state index in [0.29, 0.717) is 0 Å². The quantitative estimate of drug-likeness (QED) is 0.422. The van der Waals surface area contributed by atoms with Crippen molar-refractivity contribution in [1.82, 2.24) is 0 Å². The predicted octanol–water partition coefficient (Wildman–Crippen LogP) is -0.671. The molecule has 0 aromatic heterocycles. The number of carbonyl (C=O) groups is 1. The van der Waals surface area contributed by atoms with Gasteiger partial charge in [0.1, 0.15) is 0 Å². The average molecular weight is 125 g/mol. The summed E-state index contributed by atoms with van der Waals surface area (Å²) in [4.78, 5) is 10.6. The maximum Gasteiger partial charge on any atom is 0.206 e. The van der Waals surface area contributed by atoms with E-state index < -0.39 is 11.5 Å². The topological polar surface area (TPSA) is 63.3 Å². The molecule has 1 aliphatic carbocycles. The van der Waals surface area contributed by atoms with Crippen LogP contribution in [0.15, 0.2) is 24.3 Å². The van der Waals surface area contributed by atoms with Crippen molar-refractivity contribution in [2.24, 2.45) is 5.73 Å². The molecule has 1 unspecified atom stereocenters. The lowest BCUT2D eigenvalue weighted by molar-refractivity contribution is -0.127. The summed E-state index contributed by atoms with van der Waals surface area (Å²) in [5, 5.41) is 8.93. The highest BCUT2D eigenvalue weighted by molar-refractivity contribution is 5.99. The smallest absolute Gasteiger partial charge is 0.206 e. The Morgan fingerprint density at radius 3 is 2.56 bits per heavy atom. The van der Waals surface area contributed by atoms with Gasteiger partial charge in [0, 0.05) is 0 Å². The van der Waals surface area contributed by atoms with Gasteiger partial charge in [0.15, 0.2) is 5.72 Å². The van der Waals surface area contributed by atoms with Gasteiger partial charge >= 0.3 is 0 Å². The third-order valence-corrected chi connectivity index (χ3v) is 1.10. The molecule has 0 heterocycles. The van der Waals surface area contributed by atoms with Crippen molar-refractivity contribution in [2.45, 2.75) is 5.72 Å². The molecule has 0 spiro atoms. The van der Waals surface area contributed by atoms with Crippen molar-refractivity contribution in [3.8, 4) is 0 Å². The molecule has 1 rings (SSSR count). The molecule has 48 valence electrons. The fraction of sp³-hybridized carbons (Fsp3) is 0.167.